The second-order valence-electron chi connectivity index (χ2n) is 3.64. The van der Waals surface area contributed by atoms with Gasteiger partial charge >= 0.3 is 0 Å². The SMILES string of the molecule is COCCNc1nccn1-c1ccc(I)cc1Cl. The highest BCUT2D eigenvalue weighted by molar-refractivity contribution is 14.1. The number of hydrogen-bond donors (Lipinski definition) is 1. The standard InChI is InChI=1S/C12H13ClIN3O/c1-18-7-5-16-12-15-4-6-17(12)11-3-2-9(14)8-10(11)13/h2-4,6,8H,5,7H2,1H3,(H,15,16). The monoisotopic (exact) mass is 377 g/mol. The van der Waals surface area contributed by atoms with Gasteiger partial charge in [0, 0.05) is 29.6 Å². The Morgan fingerprint density at radius 1 is 1.50 bits per heavy atom. The lowest BCUT2D eigenvalue weighted by Crippen LogP contribution is -2.11. The predicted octanol–water partition coefficient (Wildman–Crippen LogP) is 3.19. The van der Waals surface area contributed by atoms with Crippen molar-refractivity contribution in [3.05, 3.63) is 39.2 Å². The Kier molecular flexibility index (Phi) is 4.85. The van der Waals surface area contributed by atoms with Crippen LogP contribution in [0.4, 0.5) is 5.95 Å². The lowest BCUT2D eigenvalue weighted by molar-refractivity contribution is 0.210. The number of methoxy groups -OCH3 is 1. The summed E-state index contributed by atoms with van der Waals surface area (Å²) >= 11 is 8.48. The van der Waals surface area contributed by atoms with E-state index in [0.29, 0.717) is 18.2 Å². The molecule has 2 aromatic rings. The zero-order chi connectivity index (χ0) is 13.0. The second-order valence-corrected chi connectivity index (χ2v) is 5.29. The van der Waals surface area contributed by atoms with Gasteiger partial charge < -0.3 is 10.1 Å². The molecule has 0 bridgehead atoms. The van der Waals surface area contributed by atoms with Crippen molar-refractivity contribution in [1.82, 2.24) is 9.55 Å². The Labute approximate surface area is 124 Å². The molecule has 0 spiro atoms. The van der Waals surface area contributed by atoms with E-state index in [4.69, 9.17) is 16.3 Å². The van der Waals surface area contributed by atoms with Crippen LogP contribution in [-0.4, -0.2) is 29.8 Å². The van der Waals surface area contributed by atoms with Crippen LogP contribution in [0.2, 0.25) is 5.02 Å². The van der Waals surface area contributed by atoms with Crippen LogP contribution < -0.4 is 5.32 Å². The number of aromatic nitrogens is 2. The van der Waals surface area contributed by atoms with E-state index in [-0.39, 0.29) is 0 Å². The molecule has 0 aliphatic carbocycles. The summed E-state index contributed by atoms with van der Waals surface area (Å²) in [5.74, 6) is 0.759. The van der Waals surface area contributed by atoms with E-state index in [1.54, 1.807) is 13.3 Å². The summed E-state index contributed by atoms with van der Waals surface area (Å²) in [6, 6.07) is 5.92. The lowest BCUT2D eigenvalue weighted by atomic mass is 10.3. The number of anilines is 1. The molecule has 18 heavy (non-hydrogen) atoms. The molecule has 2 rings (SSSR count). The molecule has 1 heterocycles. The Hall–Kier alpha value is -0.790. The van der Waals surface area contributed by atoms with E-state index in [9.17, 15) is 0 Å². The van der Waals surface area contributed by atoms with Gasteiger partial charge in [0.15, 0.2) is 0 Å². The number of hydrogen-bond acceptors (Lipinski definition) is 3. The fourth-order valence-electron chi connectivity index (χ4n) is 1.57. The summed E-state index contributed by atoms with van der Waals surface area (Å²) < 4.78 is 8.03. The van der Waals surface area contributed by atoms with E-state index in [2.05, 4.69) is 32.9 Å². The van der Waals surface area contributed by atoms with Crippen LogP contribution in [0.3, 0.4) is 0 Å². The molecule has 1 aromatic heterocycles. The number of benzene rings is 1. The first-order chi connectivity index (χ1) is 8.72. The van der Waals surface area contributed by atoms with Crippen LogP contribution in [0.1, 0.15) is 0 Å². The molecule has 0 aliphatic heterocycles. The number of nitrogens with zero attached hydrogens (tertiary/aromatic N) is 2. The van der Waals surface area contributed by atoms with Crippen molar-refractivity contribution < 1.29 is 4.74 Å². The fraction of sp³-hybridized carbons (Fsp3) is 0.250. The third-order valence-electron chi connectivity index (χ3n) is 2.40. The highest BCUT2D eigenvalue weighted by atomic mass is 127. The summed E-state index contributed by atoms with van der Waals surface area (Å²) in [6.07, 6.45) is 3.62. The largest absolute Gasteiger partial charge is 0.383 e. The highest BCUT2D eigenvalue weighted by Gasteiger charge is 2.08. The smallest absolute Gasteiger partial charge is 0.207 e. The first kappa shape index (κ1) is 13.6. The molecule has 0 saturated carbocycles. The van der Waals surface area contributed by atoms with Crippen LogP contribution >= 0.6 is 34.2 Å². The van der Waals surface area contributed by atoms with Gasteiger partial charge in [0.1, 0.15) is 0 Å². The zero-order valence-corrected chi connectivity index (χ0v) is 12.8. The first-order valence-corrected chi connectivity index (χ1v) is 6.89. The Morgan fingerprint density at radius 2 is 2.33 bits per heavy atom. The van der Waals surface area contributed by atoms with Crippen LogP contribution in [0, 0.1) is 3.57 Å². The third-order valence-corrected chi connectivity index (χ3v) is 3.37. The summed E-state index contributed by atoms with van der Waals surface area (Å²) in [7, 11) is 1.67. The highest BCUT2D eigenvalue weighted by Crippen LogP contribution is 2.25. The van der Waals surface area contributed by atoms with E-state index in [1.165, 1.54) is 0 Å². The maximum absolute atomic E-state index is 6.25. The third kappa shape index (κ3) is 3.15. The molecule has 0 atom stereocenters. The molecule has 6 heteroatoms. The van der Waals surface area contributed by atoms with Gasteiger partial charge in [0.05, 0.1) is 17.3 Å². The van der Waals surface area contributed by atoms with Gasteiger partial charge in [0.2, 0.25) is 5.95 Å². The Morgan fingerprint density at radius 3 is 3.06 bits per heavy atom. The van der Waals surface area contributed by atoms with Crippen molar-refractivity contribution >= 4 is 40.1 Å². The number of nitrogens with one attached hydrogen (secondary N) is 1. The first-order valence-electron chi connectivity index (χ1n) is 5.44. The molecule has 0 saturated heterocycles. The molecular formula is C12H13ClIN3O. The van der Waals surface area contributed by atoms with Crippen LogP contribution in [0.25, 0.3) is 5.69 Å². The molecule has 0 radical (unpaired) electrons. The van der Waals surface area contributed by atoms with Crippen LogP contribution in [-0.2, 0) is 4.74 Å². The number of rotatable bonds is 5. The van der Waals surface area contributed by atoms with E-state index < -0.39 is 0 Å². The average molecular weight is 378 g/mol. The average Bonchev–Trinajstić information content (AvgIpc) is 2.78. The van der Waals surface area contributed by atoms with Crippen molar-refractivity contribution in [3.63, 3.8) is 0 Å². The number of ether oxygens (including phenoxy) is 1. The van der Waals surface area contributed by atoms with Crippen LogP contribution in [0.5, 0.6) is 0 Å². The summed E-state index contributed by atoms with van der Waals surface area (Å²) in [5.41, 5.74) is 0.912. The van der Waals surface area contributed by atoms with Gasteiger partial charge in [-0.05, 0) is 40.8 Å². The maximum Gasteiger partial charge on any atom is 0.207 e. The molecular weight excluding hydrogens is 365 g/mol. The molecule has 96 valence electrons. The molecule has 0 fully saturated rings. The quantitative estimate of drug-likeness (QED) is 0.642. The number of imidazole rings is 1. The maximum atomic E-state index is 6.25. The van der Waals surface area contributed by atoms with Gasteiger partial charge in [-0.25, -0.2) is 4.98 Å². The van der Waals surface area contributed by atoms with Gasteiger partial charge in [0.25, 0.3) is 0 Å². The Balaban J connectivity index is 2.25. The molecule has 0 unspecified atom stereocenters. The van der Waals surface area contributed by atoms with Crippen molar-refractivity contribution in [3.8, 4) is 5.69 Å². The predicted molar refractivity (Wildman–Crippen MR) is 81.7 cm³/mol. The molecule has 1 aromatic carbocycles. The lowest BCUT2D eigenvalue weighted by Gasteiger charge is -2.11. The van der Waals surface area contributed by atoms with Gasteiger partial charge in [-0.2, -0.15) is 0 Å². The van der Waals surface area contributed by atoms with E-state index in [1.807, 2.05) is 29.0 Å². The summed E-state index contributed by atoms with van der Waals surface area (Å²) in [5, 5.41) is 3.90. The minimum absolute atomic E-state index is 0.632. The second kappa shape index (κ2) is 6.40. The fourth-order valence-corrected chi connectivity index (χ4v) is 2.52. The van der Waals surface area contributed by atoms with Crippen molar-refractivity contribution in [2.75, 3.05) is 25.6 Å². The topological polar surface area (TPSA) is 39.1 Å². The Bertz CT molecular complexity index is 530. The van der Waals surface area contributed by atoms with Crippen molar-refractivity contribution in [2.24, 2.45) is 0 Å². The van der Waals surface area contributed by atoms with E-state index >= 15 is 0 Å². The molecule has 0 amide bonds. The number of halogens is 2. The van der Waals surface area contributed by atoms with Gasteiger partial charge in [-0.3, -0.25) is 4.57 Å². The van der Waals surface area contributed by atoms with E-state index in [0.717, 1.165) is 15.2 Å². The normalized spacial score (nSPS) is 10.6. The molecule has 0 aliphatic rings. The molecule has 1 N–H and O–H groups in total. The van der Waals surface area contributed by atoms with Crippen molar-refractivity contribution in [1.29, 1.82) is 0 Å². The zero-order valence-electron chi connectivity index (χ0n) is 9.86. The van der Waals surface area contributed by atoms with Gasteiger partial charge in [-0.1, -0.05) is 11.6 Å². The summed E-state index contributed by atoms with van der Waals surface area (Å²) in [4.78, 5) is 4.26. The van der Waals surface area contributed by atoms with Crippen molar-refractivity contribution in [2.45, 2.75) is 0 Å². The molecule has 4 nitrogen and oxygen atoms in total. The minimum atomic E-state index is 0.632. The summed E-state index contributed by atoms with van der Waals surface area (Å²) in [6.45, 7) is 1.34. The van der Waals surface area contributed by atoms with Crippen LogP contribution in [0.15, 0.2) is 30.6 Å². The minimum Gasteiger partial charge on any atom is -0.383 e. The van der Waals surface area contributed by atoms with Gasteiger partial charge in [-0.15, -0.1) is 0 Å².